The van der Waals surface area contributed by atoms with Crippen LogP contribution in [0.15, 0.2) is 4.99 Å². The highest BCUT2D eigenvalue weighted by molar-refractivity contribution is 14.0. The van der Waals surface area contributed by atoms with Crippen LogP contribution < -0.4 is 10.6 Å². The largest absolute Gasteiger partial charge is 0.356 e. The Labute approximate surface area is 153 Å². The highest BCUT2D eigenvalue weighted by Crippen LogP contribution is 2.16. The van der Waals surface area contributed by atoms with E-state index in [0.29, 0.717) is 18.9 Å². The van der Waals surface area contributed by atoms with Crippen LogP contribution in [0.4, 0.5) is 0 Å². The van der Waals surface area contributed by atoms with Crippen molar-refractivity contribution in [3.8, 4) is 0 Å². The van der Waals surface area contributed by atoms with Gasteiger partial charge in [-0.25, -0.2) is 4.98 Å². The summed E-state index contributed by atoms with van der Waals surface area (Å²) < 4.78 is 0. The summed E-state index contributed by atoms with van der Waals surface area (Å²) in [5.74, 6) is 0.818. The first-order chi connectivity index (χ1) is 9.93. The van der Waals surface area contributed by atoms with Crippen molar-refractivity contribution in [2.75, 3.05) is 34.2 Å². The molecular formula is C14H26IN5OS. The number of aliphatic imine (C=N–C) groups is 1. The molecule has 22 heavy (non-hydrogen) atoms. The number of guanidine groups is 1. The average Bonchev–Trinajstić information content (AvgIpc) is 2.75. The van der Waals surface area contributed by atoms with Crippen molar-refractivity contribution in [3.63, 3.8) is 0 Å². The van der Waals surface area contributed by atoms with Crippen LogP contribution in [0, 0.1) is 13.8 Å². The molecule has 0 fully saturated rings. The fourth-order valence-corrected chi connectivity index (χ4v) is 2.60. The van der Waals surface area contributed by atoms with Crippen molar-refractivity contribution >= 4 is 47.2 Å². The van der Waals surface area contributed by atoms with E-state index in [9.17, 15) is 4.79 Å². The van der Waals surface area contributed by atoms with Crippen LogP contribution in [0.2, 0.25) is 0 Å². The lowest BCUT2D eigenvalue weighted by atomic mass is 10.4. The van der Waals surface area contributed by atoms with E-state index in [1.54, 1.807) is 37.4 Å². The predicted octanol–water partition coefficient (Wildman–Crippen LogP) is 1.56. The monoisotopic (exact) mass is 439 g/mol. The SMILES string of the molecule is CN=C(NCCC(=O)N(C)C)NCCc1nc(C)c(C)s1.I. The van der Waals surface area contributed by atoms with Gasteiger partial charge in [-0.2, -0.15) is 0 Å². The third-order valence-corrected chi connectivity index (χ3v) is 4.19. The maximum Gasteiger partial charge on any atom is 0.223 e. The molecule has 0 atom stereocenters. The highest BCUT2D eigenvalue weighted by Gasteiger charge is 2.06. The van der Waals surface area contributed by atoms with Gasteiger partial charge in [0.25, 0.3) is 0 Å². The van der Waals surface area contributed by atoms with Gasteiger partial charge >= 0.3 is 0 Å². The third kappa shape index (κ3) is 7.39. The Balaban J connectivity index is 0.00000441. The van der Waals surface area contributed by atoms with E-state index in [0.717, 1.165) is 23.7 Å². The molecule has 6 nitrogen and oxygen atoms in total. The minimum atomic E-state index is 0. The topological polar surface area (TPSA) is 69.6 Å². The number of hydrogen-bond acceptors (Lipinski definition) is 4. The number of aromatic nitrogens is 1. The molecule has 1 heterocycles. The quantitative estimate of drug-likeness (QED) is 0.401. The Hall–Kier alpha value is -0.900. The zero-order valence-corrected chi connectivity index (χ0v) is 17.0. The molecule has 0 aromatic carbocycles. The Morgan fingerprint density at radius 3 is 2.41 bits per heavy atom. The number of halogens is 1. The maximum atomic E-state index is 11.5. The Bertz CT molecular complexity index is 482. The molecule has 1 amide bonds. The van der Waals surface area contributed by atoms with Gasteiger partial charge in [-0.3, -0.25) is 9.79 Å². The summed E-state index contributed by atoms with van der Waals surface area (Å²) in [4.78, 5) is 23.0. The van der Waals surface area contributed by atoms with Crippen LogP contribution in [0.1, 0.15) is 22.0 Å². The zero-order chi connectivity index (χ0) is 15.8. The summed E-state index contributed by atoms with van der Waals surface area (Å²) in [6.07, 6.45) is 1.33. The number of carbonyl (C=O) groups is 1. The molecule has 0 spiro atoms. The molecule has 0 bridgehead atoms. The molecule has 0 saturated carbocycles. The smallest absolute Gasteiger partial charge is 0.223 e. The van der Waals surface area contributed by atoms with Gasteiger partial charge in [0.2, 0.25) is 5.91 Å². The van der Waals surface area contributed by atoms with E-state index in [1.807, 2.05) is 6.92 Å². The fourth-order valence-electron chi connectivity index (χ4n) is 1.67. The highest BCUT2D eigenvalue weighted by atomic mass is 127. The van der Waals surface area contributed by atoms with E-state index in [2.05, 4.69) is 27.5 Å². The summed E-state index contributed by atoms with van der Waals surface area (Å²) in [6.45, 7) is 5.47. The van der Waals surface area contributed by atoms with Crippen LogP contribution in [0.5, 0.6) is 0 Å². The molecule has 1 rings (SSSR count). The van der Waals surface area contributed by atoms with Gasteiger partial charge in [0.05, 0.1) is 10.7 Å². The van der Waals surface area contributed by atoms with Crippen LogP contribution >= 0.6 is 35.3 Å². The average molecular weight is 439 g/mol. The van der Waals surface area contributed by atoms with Crippen LogP contribution in [-0.4, -0.2) is 56.0 Å². The Morgan fingerprint density at radius 2 is 1.91 bits per heavy atom. The molecule has 0 unspecified atom stereocenters. The van der Waals surface area contributed by atoms with Crippen molar-refractivity contribution in [2.45, 2.75) is 26.7 Å². The molecular weight excluding hydrogens is 413 g/mol. The second-order valence-electron chi connectivity index (χ2n) is 4.96. The van der Waals surface area contributed by atoms with Crippen LogP contribution in [0.25, 0.3) is 0 Å². The lowest BCUT2D eigenvalue weighted by Crippen LogP contribution is -2.40. The summed E-state index contributed by atoms with van der Waals surface area (Å²) in [6, 6.07) is 0. The number of carbonyl (C=O) groups excluding carboxylic acids is 1. The number of nitrogens with one attached hydrogen (secondary N) is 2. The molecule has 126 valence electrons. The second-order valence-corrected chi connectivity index (χ2v) is 6.25. The number of thiazole rings is 1. The molecule has 0 aliphatic carbocycles. The molecule has 1 aromatic rings. The van der Waals surface area contributed by atoms with Gasteiger partial charge in [-0.1, -0.05) is 0 Å². The Morgan fingerprint density at radius 1 is 1.27 bits per heavy atom. The maximum absolute atomic E-state index is 11.5. The van der Waals surface area contributed by atoms with Crippen LogP contribution in [0.3, 0.4) is 0 Å². The molecule has 0 aliphatic rings. The molecule has 0 aliphatic heterocycles. The minimum absolute atomic E-state index is 0. The minimum Gasteiger partial charge on any atom is -0.356 e. The molecule has 0 radical (unpaired) electrons. The summed E-state index contributed by atoms with van der Waals surface area (Å²) in [5, 5.41) is 7.50. The van der Waals surface area contributed by atoms with E-state index in [4.69, 9.17) is 0 Å². The Kier molecular flexibility index (Phi) is 10.3. The van der Waals surface area contributed by atoms with Gasteiger partial charge in [0.15, 0.2) is 5.96 Å². The second kappa shape index (κ2) is 10.8. The van der Waals surface area contributed by atoms with Gasteiger partial charge in [0, 0.05) is 52.0 Å². The number of amides is 1. The number of nitrogens with zero attached hydrogens (tertiary/aromatic N) is 3. The first kappa shape index (κ1) is 21.1. The van der Waals surface area contributed by atoms with Gasteiger partial charge in [-0.05, 0) is 13.8 Å². The van der Waals surface area contributed by atoms with E-state index in [1.165, 1.54) is 4.88 Å². The normalized spacial score (nSPS) is 10.9. The molecule has 1 aromatic heterocycles. The lowest BCUT2D eigenvalue weighted by molar-refractivity contribution is -0.128. The van der Waals surface area contributed by atoms with Crippen molar-refractivity contribution in [1.82, 2.24) is 20.5 Å². The van der Waals surface area contributed by atoms with Gasteiger partial charge in [-0.15, -0.1) is 35.3 Å². The van der Waals surface area contributed by atoms with Crippen molar-refractivity contribution in [2.24, 2.45) is 4.99 Å². The third-order valence-electron chi connectivity index (χ3n) is 3.06. The lowest BCUT2D eigenvalue weighted by Gasteiger charge is -2.13. The first-order valence-corrected chi connectivity index (χ1v) is 7.83. The standard InChI is InChI=1S/C14H25N5OS.HI/c1-10-11(2)21-12(18-10)6-8-16-14(15-3)17-9-7-13(20)19(4)5;/h6-9H2,1-5H3,(H2,15,16,17);1H. The summed E-state index contributed by atoms with van der Waals surface area (Å²) in [7, 11) is 5.24. The van der Waals surface area contributed by atoms with Gasteiger partial charge < -0.3 is 15.5 Å². The number of hydrogen-bond donors (Lipinski definition) is 2. The summed E-state index contributed by atoms with van der Waals surface area (Å²) in [5.41, 5.74) is 1.11. The predicted molar refractivity (Wildman–Crippen MR) is 103 cm³/mol. The molecule has 0 saturated heterocycles. The van der Waals surface area contributed by atoms with Gasteiger partial charge in [0.1, 0.15) is 0 Å². The van der Waals surface area contributed by atoms with Crippen LogP contribution in [-0.2, 0) is 11.2 Å². The fraction of sp³-hybridized carbons (Fsp3) is 0.643. The first-order valence-electron chi connectivity index (χ1n) is 7.01. The van der Waals surface area contributed by atoms with Crippen molar-refractivity contribution in [3.05, 3.63) is 15.6 Å². The summed E-state index contributed by atoms with van der Waals surface area (Å²) >= 11 is 1.74. The van der Waals surface area contributed by atoms with Crippen molar-refractivity contribution in [1.29, 1.82) is 0 Å². The molecule has 8 heteroatoms. The zero-order valence-electron chi connectivity index (χ0n) is 13.9. The van der Waals surface area contributed by atoms with E-state index in [-0.39, 0.29) is 29.9 Å². The van der Waals surface area contributed by atoms with E-state index >= 15 is 0 Å². The molecule has 2 N–H and O–H groups in total. The number of aryl methyl sites for hydroxylation is 2. The van der Waals surface area contributed by atoms with E-state index < -0.39 is 0 Å². The number of rotatable bonds is 6. The van der Waals surface area contributed by atoms with Crippen molar-refractivity contribution < 1.29 is 4.79 Å².